The van der Waals surface area contributed by atoms with Crippen molar-refractivity contribution in [1.29, 1.82) is 0 Å². The first-order valence-electron chi connectivity index (χ1n) is 8.35. The van der Waals surface area contributed by atoms with E-state index in [4.69, 9.17) is 10.5 Å². The van der Waals surface area contributed by atoms with Gasteiger partial charge in [0.15, 0.2) is 5.03 Å². The number of hydrazone groups is 1. The van der Waals surface area contributed by atoms with Crippen molar-refractivity contribution in [1.82, 2.24) is 16.0 Å². The van der Waals surface area contributed by atoms with E-state index < -0.39 is 11.1 Å². The van der Waals surface area contributed by atoms with Crippen LogP contribution >= 0.6 is 0 Å². The maximum Gasteiger partial charge on any atom is 0.322 e. The Labute approximate surface area is 151 Å². The van der Waals surface area contributed by atoms with Crippen LogP contribution in [0.2, 0.25) is 0 Å². The third-order valence-electron chi connectivity index (χ3n) is 4.08. The molecule has 0 bridgehead atoms. The Morgan fingerprint density at radius 3 is 2.85 bits per heavy atom. The second-order valence-electron chi connectivity index (χ2n) is 5.94. The molecule has 26 heavy (non-hydrogen) atoms. The highest BCUT2D eigenvalue weighted by Crippen LogP contribution is 2.28. The summed E-state index contributed by atoms with van der Waals surface area (Å²) in [7, 11) is 1.35. The lowest BCUT2D eigenvalue weighted by Gasteiger charge is -2.16. The quantitative estimate of drug-likeness (QED) is 0.0839. The number of benzene rings is 1. The first-order valence-corrected chi connectivity index (χ1v) is 8.35. The molecule has 1 fully saturated rings. The maximum absolute atomic E-state index is 11.9. The molecule has 2 rings (SSSR count). The average molecular weight is 364 g/mol. The molecule has 1 saturated heterocycles. The molecule has 0 saturated carbocycles. The van der Waals surface area contributed by atoms with Gasteiger partial charge in [-0.05, 0) is 18.4 Å². The van der Waals surface area contributed by atoms with E-state index in [-0.39, 0.29) is 18.0 Å². The number of nitrogens with zero attached hydrogens (tertiary/aromatic N) is 2. The number of esters is 1. The Morgan fingerprint density at radius 1 is 1.46 bits per heavy atom. The molecule has 0 aliphatic carbocycles. The molecule has 0 amide bonds. The van der Waals surface area contributed by atoms with E-state index in [9.17, 15) is 14.9 Å². The van der Waals surface area contributed by atoms with E-state index in [1.165, 1.54) is 12.7 Å². The van der Waals surface area contributed by atoms with Gasteiger partial charge < -0.3 is 26.4 Å². The van der Waals surface area contributed by atoms with Crippen LogP contribution in [0, 0.1) is 10.1 Å². The van der Waals surface area contributed by atoms with Crippen molar-refractivity contribution in [3.05, 3.63) is 46.0 Å². The second-order valence-corrected chi connectivity index (χ2v) is 5.94. The fourth-order valence-electron chi connectivity index (χ4n) is 2.70. The smallest absolute Gasteiger partial charge is 0.322 e. The van der Waals surface area contributed by atoms with E-state index in [2.05, 4.69) is 33.2 Å². The Balaban J connectivity index is 1.72. The van der Waals surface area contributed by atoms with Crippen molar-refractivity contribution in [2.75, 3.05) is 20.2 Å². The summed E-state index contributed by atoms with van der Waals surface area (Å²) in [4.78, 5) is 22.1. The Morgan fingerprint density at radius 2 is 2.19 bits per heavy atom. The summed E-state index contributed by atoms with van der Waals surface area (Å²) in [6.07, 6.45) is 1.08. The second kappa shape index (κ2) is 9.68. The van der Waals surface area contributed by atoms with Crippen LogP contribution in [0.3, 0.4) is 0 Å². The number of rotatable bonds is 10. The van der Waals surface area contributed by atoms with Crippen LogP contribution in [-0.2, 0) is 9.53 Å². The predicted octanol–water partition coefficient (Wildman–Crippen LogP) is -0.293. The van der Waals surface area contributed by atoms with Crippen molar-refractivity contribution in [3.8, 4) is 0 Å². The molecule has 0 radical (unpaired) electrons. The fourth-order valence-corrected chi connectivity index (χ4v) is 2.70. The third kappa shape index (κ3) is 6.30. The summed E-state index contributed by atoms with van der Waals surface area (Å²) in [5.74, 6) is -0.598. The molecular weight excluding hydrogens is 340 g/mol. The van der Waals surface area contributed by atoms with E-state index in [1.54, 1.807) is 0 Å². The highest BCUT2D eigenvalue weighted by Gasteiger charge is 2.37. The Bertz CT molecular complexity index is 639. The molecule has 5 N–H and O–H groups in total. The number of nitrogens with one attached hydrogen (secondary N) is 3. The topological polar surface area (TPSA) is 154 Å². The monoisotopic (exact) mass is 364 g/mol. The highest BCUT2D eigenvalue weighted by atomic mass is 16.7. The van der Waals surface area contributed by atoms with E-state index in [0.717, 1.165) is 0 Å². The number of methoxy groups -OCH3 is 1. The lowest BCUT2D eigenvalue weighted by Crippen LogP contribution is -2.41. The first kappa shape index (κ1) is 19.6. The van der Waals surface area contributed by atoms with Crippen LogP contribution in [0.1, 0.15) is 24.4 Å². The van der Waals surface area contributed by atoms with Gasteiger partial charge in [-0.1, -0.05) is 30.3 Å². The molecule has 10 heteroatoms. The van der Waals surface area contributed by atoms with Gasteiger partial charge in [0.2, 0.25) is 0 Å². The summed E-state index contributed by atoms with van der Waals surface area (Å²) in [5, 5.41) is 21.5. The summed E-state index contributed by atoms with van der Waals surface area (Å²) in [6.45, 7) is 1.00. The zero-order chi connectivity index (χ0) is 18.9. The molecule has 1 heterocycles. The molecule has 1 aromatic carbocycles. The van der Waals surface area contributed by atoms with Crippen LogP contribution in [0.4, 0.5) is 0 Å². The number of hydrogen-bond acceptors (Lipinski definition) is 6. The third-order valence-corrected chi connectivity index (χ3v) is 4.08. The van der Waals surface area contributed by atoms with Crippen molar-refractivity contribution in [2.24, 2.45) is 10.8 Å². The number of hydrogen-bond donors (Lipinski definition) is 4. The SMILES string of the molecule is COC(=O)[C@H](CCCN/C(N)=N/[N+](=O)[O-])NCC1NC1c1ccccc1. The van der Waals surface area contributed by atoms with Gasteiger partial charge in [-0.25, -0.2) is 10.1 Å². The maximum atomic E-state index is 11.9. The van der Waals surface area contributed by atoms with Crippen molar-refractivity contribution < 1.29 is 14.6 Å². The van der Waals surface area contributed by atoms with Crippen LogP contribution < -0.4 is 21.7 Å². The van der Waals surface area contributed by atoms with E-state index >= 15 is 0 Å². The van der Waals surface area contributed by atoms with Crippen molar-refractivity contribution in [3.63, 3.8) is 0 Å². The molecule has 142 valence electrons. The Hall–Kier alpha value is -2.72. The van der Waals surface area contributed by atoms with Crippen molar-refractivity contribution >= 4 is 11.9 Å². The number of ether oxygens (including phenoxy) is 1. The van der Waals surface area contributed by atoms with Crippen LogP contribution in [0.5, 0.6) is 0 Å². The van der Waals surface area contributed by atoms with Gasteiger partial charge in [0.1, 0.15) is 11.1 Å². The molecule has 1 aliphatic heterocycles. The van der Waals surface area contributed by atoms with Gasteiger partial charge in [0, 0.05) is 25.2 Å². The van der Waals surface area contributed by atoms with Gasteiger partial charge in [-0.2, -0.15) is 0 Å². The molecule has 2 unspecified atom stereocenters. The molecule has 0 aromatic heterocycles. The largest absolute Gasteiger partial charge is 0.468 e. The summed E-state index contributed by atoms with van der Waals surface area (Å²) < 4.78 is 4.83. The summed E-state index contributed by atoms with van der Waals surface area (Å²) in [5.41, 5.74) is 6.56. The lowest BCUT2D eigenvalue weighted by atomic mass is 10.1. The van der Waals surface area contributed by atoms with Gasteiger partial charge >= 0.3 is 5.97 Å². The first-order chi connectivity index (χ1) is 12.5. The van der Waals surface area contributed by atoms with Gasteiger partial charge in [-0.3, -0.25) is 4.79 Å². The molecule has 10 nitrogen and oxygen atoms in total. The standard InChI is InChI=1S/C16H24N6O4/c1-26-15(23)12(8-5-9-18-16(17)21-22(24)25)19-10-13-14(20-13)11-6-3-2-4-7-11/h2-4,6-7,12-14,19-20H,5,8-10H2,1H3,(H3,17,18,21)/t12-,13?,14?/m0/s1. The predicted molar refractivity (Wildman–Crippen MR) is 95.8 cm³/mol. The minimum atomic E-state index is -0.868. The molecule has 1 aromatic rings. The normalized spacial score (nSPS) is 20.3. The van der Waals surface area contributed by atoms with E-state index in [0.29, 0.717) is 32.0 Å². The number of guanidine groups is 1. The van der Waals surface area contributed by atoms with Gasteiger partial charge in [0.25, 0.3) is 5.96 Å². The lowest BCUT2D eigenvalue weighted by molar-refractivity contribution is -0.485. The number of carbonyl (C=O) groups excluding carboxylic acids is 1. The average Bonchev–Trinajstić information content (AvgIpc) is 3.40. The molecule has 0 spiro atoms. The van der Waals surface area contributed by atoms with Crippen molar-refractivity contribution in [2.45, 2.75) is 31.0 Å². The minimum Gasteiger partial charge on any atom is -0.468 e. The molecule has 1 aliphatic rings. The summed E-state index contributed by atoms with van der Waals surface area (Å²) in [6, 6.07) is 10.2. The number of carbonyl (C=O) groups is 1. The zero-order valence-electron chi connectivity index (χ0n) is 14.6. The summed E-state index contributed by atoms with van der Waals surface area (Å²) >= 11 is 0. The zero-order valence-corrected chi connectivity index (χ0v) is 14.6. The number of nitrogens with two attached hydrogens (primary N) is 1. The highest BCUT2D eigenvalue weighted by molar-refractivity contribution is 5.77. The van der Waals surface area contributed by atoms with Crippen LogP contribution in [0.15, 0.2) is 35.4 Å². The van der Waals surface area contributed by atoms with Crippen LogP contribution in [0.25, 0.3) is 0 Å². The fraction of sp³-hybridized carbons (Fsp3) is 0.500. The van der Waals surface area contributed by atoms with E-state index in [1.807, 2.05) is 18.2 Å². The Kier molecular flexibility index (Phi) is 7.30. The van der Waals surface area contributed by atoms with Gasteiger partial charge in [0.05, 0.1) is 7.11 Å². The number of nitro groups is 1. The van der Waals surface area contributed by atoms with Crippen LogP contribution in [-0.4, -0.2) is 49.2 Å². The molecular formula is C16H24N6O4. The minimum absolute atomic E-state index is 0.259. The van der Waals surface area contributed by atoms with Gasteiger partial charge in [-0.15, -0.1) is 0 Å². The molecule has 3 atom stereocenters.